The molecule has 4 saturated carbocycles. The minimum absolute atomic E-state index is 0.00238. The van der Waals surface area contributed by atoms with Gasteiger partial charge in [0.05, 0.1) is 23.8 Å². The van der Waals surface area contributed by atoms with Gasteiger partial charge >= 0.3 is 6.03 Å². The molecule has 3 N–H and O–H groups in total. The molecule has 5 aliphatic rings. The third-order valence-corrected chi connectivity index (χ3v) is 12.0. The zero-order valence-corrected chi connectivity index (χ0v) is 28.6. The maximum Gasteiger partial charge on any atom is 0.315 e. The predicted molar refractivity (Wildman–Crippen MR) is 192 cm³/mol. The zero-order chi connectivity index (χ0) is 33.2. The van der Waals surface area contributed by atoms with Crippen molar-refractivity contribution >= 4 is 17.8 Å². The summed E-state index contributed by atoms with van der Waals surface area (Å²) in [7, 11) is 0. The number of thioether (sulfide) groups is 1. The fourth-order valence-electron chi connectivity index (χ4n) is 9.09. The second-order valence-corrected chi connectivity index (χ2v) is 15.7. The summed E-state index contributed by atoms with van der Waals surface area (Å²) in [5.41, 5.74) is 6.12. The third-order valence-electron chi connectivity index (χ3n) is 11.0. The highest BCUT2D eigenvalue weighted by atomic mass is 32.2. The number of hydrogen-bond donors (Lipinski definition) is 3. The number of carbonyl (C=O) groups is 1. The lowest BCUT2D eigenvalue weighted by molar-refractivity contribution is -0.245. The van der Waals surface area contributed by atoms with E-state index in [1.807, 2.05) is 48.7 Å². The van der Waals surface area contributed by atoms with Gasteiger partial charge in [0.1, 0.15) is 0 Å². The Bertz CT molecular complexity index is 1710. The molecule has 4 aliphatic carbocycles. The summed E-state index contributed by atoms with van der Waals surface area (Å²) < 4.78 is 13.2. The number of amides is 2. The van der Waals surface area contributed by atoms with Crippen molar-refractivity contribution in [2.75, 3.05) is 5.75 Å². The van der Waals surface area contributed by atoms with Crippen molar-refractivity contribution in [2.24, 2.45) is 17.8 Å². The van der Waals surface area contributed by atoms with Crippen LogP contribution < -0.4 is 10.6 Å². The molecule has 4 bridgehead atoms. The molecule has 1 saturated heterocycles. The first-order chi connectivity index (χ1) is 24.0. The highest BCUT2D eigenvalue weighted by Gasteiger charge is 2.51. The molecule has 1 aliphatic heterocycles. The minimum Gasteiger partial charge on any atom is -0.392 e. The summed E-state index contributed by atoms with van der Waals surface area (Å²) in [6, 6.07) is 30.7. The molecule has 254 valence electrons. The van der Waals surface area contributed by atoms with Crippen LogP contribution in [0.1, 0.15) is 79.6 Å². The molecule has 49 heavy (non-hydrogen) atoms. The highest BCUT2D eigenvalue weighted by Crippen LogP contribution is 2.55. The number of rotatable bonds is 10. The van der Waals surface area contributed by atoms with E-state index in [0.29, 0.717) is 6.54 Å². The Morgan fingerprint density at radius 3 is 2.24 bits per heavy atom. The third kappa shape index (κ3) is 7.58. The largest absolute Gasteiger partial charge is 0.392 e. The van der Waals surface area contributed by atoms with Gasteiger partial charge < -0.3 is 25.2 Å². The topological polar surface area (TPSA) is 92.7 Å². The van der Waals surface area contributed by atoms with Gasteiger partial charge in [-0.15, -0.1) is 11.8 Å². The van der Waals surface area contributed by atoms with Crippen molar-refractivity contribution in [1.29, 1.82) is 0 Å². The number of aliphatic hydroxyl groups excluding tert-OH is 1. The minimum atomic E-state index is -0.538. The van der Waals surface area contributed by atoms with Crippen molar-refractivity contribution in [2.45, 2.75) is 87.2 Å². The number of pyridine rings is 1. The summed E-state index contributed by atoms with van der Waals surface area (Å²) >= 11 is 1.69. The monoisotopic (exact) mass is 675 g/mol. The van der Waals surface area contributed by atoms with Crippen molar-refractivity contribution in [3.8, 4) is 11.1 Å². The van der Waals surface area contributed by atoms with Gasteiger partial charge in [-0.1, -0.05) is 66.7 Å². The van der Waals surface area contributed by atoms with Crippen LogP contribution in [-0.4, -0.2) is 33.5 Å². The molecule has 3 atom stereocenters. The lowest BCUT2D eigenvalue weighted by atomic mass is 9.53. The first kappa shape index (κ1) is 32.5. The van der Waals surface area contributed by atoms with E-state index < -0.39 is 6.29 Å². The fourth-order valence-corrected chi connectivity index (χ4v) is 9.97. The van der Waals surface area contributed by atoms with Crippen LogP contribution in [0.15, 0.2) is 102 Å². The quantitative estimate of drug-likeness (QED) is 0.146. The van der Waals surface area contributed by atoms with Crippen LogP contribution in [0.25, 0.3) is 11.1 Å². The van der Waals surface area contributed by atoms with E-state index in [1.165, 1.54) is 19.3 Å². The summed E-state index contributed by atoms with van der Waals surface area (Å²) in [6.07, 6.45) is 9.33. The van der Waals surface area contributed by atoms with E-state index in [2.05, 4.69) is 64.1 Å². The van der Waals surface area contributed by atoms with E-state index in [-0.39, 0.29) is 30.4 Å². The molecule has 4 aromatic rings. The Labute approximate surface area is 293 Å². The van der Waals surface area contributed by atoms with Gasteiger partial charge in [0, 0.05) is 36.0 Å². The number of urea groups is 1. The average molecular weight is 676 g/mol. The molecule has 3 aromatic carbocycles. The smallest absolute Gasteiger partial charge is 0.315 e. The molecular formula is C41H45N3O4S. The maximum absolute atomic E-state index is 13.1. The number of benzene rings is 3. The van der Waals surface area contributed by atoms with E-state index in [0.717, 1.165) is 87.6 Å². The van der Waals surface area contributed by atoms with Crippen molar-refractivity contribution in [3.63, 3.8) is 0 Å². The summed E-state index contributed by atoms with van der Waals surface area (Å²) in [5, 5.41) is 17.1. The van der Waals surface area contributed by atoms with Crippen LogP contribution in [0.4, 0.5) is 4.79 Å². The first-order valence-electron chi connectivity index (χ1n) is 17.8. The molecule has 2 heterocycles. The van der Waals surface area contributed by atoms with Crippen LogP contribution in [0.2, 0.25) is 0 Å². The van der Waals surface area contributed by atoms with E-state index >= 15 is 0 Å². The molecule has 8 heteroatoms. The molecule has 2 amide bonds. The maximum atomic E-state index is 13.1. The van der Waals surface area contributed by atoms with Crippen LogP contribution in [-0.2, 0) is 22.6 Å². The molecule has 1 aromatic heterocycles. The van der Waals surface area contributed by atoms with Gasteiger partial charge in [-0.3, -0.25) is 0 Å². The summed E-state index contributed by atoms with van der Waals surface area (Å²) in [5.74, 6) is 3.14. The highest BCUT2D eigenvalue weighted by molar-refractivity contribution is 7.99. The number of aromatic nitrogens is 1. The van der Waals surface area contributed by atoms with Gasteiger partial charge in [0.25, 0.3) is 0 Å². The molecular weight excluding hydrogens is 631 g/mol. The lowest BCUT2D eigenvalue weighted by Crippen LogP contribution is -2.61. The summed E-state index contributed by atoms with van der Waals surface area (Å²) in [6.45, 7) is 0.493. The average Bonchev–Trinajstić information content (AvgIpc) is 3.13. The van der Waals surface area contributed by atoms with Crippen LogP contribution >= 0.6 is 11.8 Å². The van der Waals surface area contributed by atoms with Gasteiger partial charge in [-0.2, -0.15) is 0 Å². The standard InChI is InChI=1S/C41H45N3O4S/c45-25-27-10-12-32(13-11-27)37-20-36(26-49-38-9-1-2-14-42-38)47-39(48-37)35-8-4-7-34(19-35)33-6-3-5-28(18-33)24-43-40(46)44-41-21-29-15-30(22-41)17-31(16-29)23-41/h1-14,18-19,29-31,36-37,39,45H,15-17,20-26H2,(H2,43,44,46)/t29?,30?,31?,36-,37+,39+,41?/m1/s1. The van der Waals surface area contributed by atoms with Crippen LogP contribution in [0.5, 0.6) is 0 Å². The molecule has 0 spiro atoms. The van der Waals surface area contributed by atoms with Gasteiger partial charge in [-0.25, -0.2) is 9.78 Å². The zero-order valence-electron chi connectivity index (χ0n) is 27.8. The normalized spacial score (nSPS) is 28.7. The Kier molecular flexibility index (Phi) is 9.47. The molecule has 0 radical (unpaired) electrons. The van der Waals surface area contributed by atoms with Crippen molar-refractivity contribution < 1.29 is 19.4 Å². The van der Waals surface area contributed by atoms with Crippen LogP contribution in [0, 0.1) is 17.8 Å². The van der Waals surface area contributed by atoms with E-state index in [9.17, 15) is 9.90 Å². The van der Waals surface area contributed by atoms with Gasteiger partial charge in [0.15, 0.2) is 6.29 Å². The van der Waals surface area contributed by atoms with Gasteiger partial charge in [0.2, 0.25) is 0 Å². The Morgan fingerprint density at radius 2 is 1.53 bits per heavy atom. The van der Waals surface area contributed by atoms with Crippen LogP contribution in [0.3, 0.4) is 0 Å². The van der Waals surface area contributed by atoms with Gasteiger partial charge in [-0.05, 0) is 108 Å². The van der Waals surface area contributed by atoms with Crippen molar-refractivity contribution in [3.05, 3.63) is 119 Å². The second kappa shape index (κ2) is 14.3. The Balaban J connectivity index is 0.951. The number of ether oxygens (including phenoxy) is 2. The first-order valence-corrected chi connectivity index (χ1v) is 18.8. The molecule has 7 nitrogen and oxygen atoms in total. The number of hydrogen-bond acceptors (Lipinski definition) is 6. The SMILES string of the molecule is O=C(NCc1cccc(-c2cccc([C@H]3O[C@@H](CSc4ccccn4)C[C@@H](c4ccc(CO)cc4)O3)c2)c1)NC12CC3CC(CC(C3)C1)C2. The van der Waals surface area contributed by atoms with Crippen molar-refractivity contribution in [1.82, 2.24) is 15.6 Å². The fraction of sp³-hybridized carbons (Fsp3) is 0.415. The van der Waals surface area contributed by atoms with E-state index in [4.69, 9.17) is 9.47 Å². The molecule has 5 fully saturated rings. The number of aliphatic hydroxyl groups is 1. The number of nitrogens with one attached hydrogen (secondary N) is 2. The Morgan fingerprint density at radius 1 is 0.796 bits per heavy atom. The molecule has 9 rings (SSSR count). The second-order valence-electron chi connectivity index (χ2n) is 14.7. The lowest BCUT2D eigenvalue weighted by Gasteiger charge is -2.56. The predicted octanol–water partition coefficient (Wildman–Crippen LogP) is 8.35. The van der Waals surface area contributed by atoms with E-state index in [1.54, 1.807) is 11.8 Å². The number of nitrogens with zero attached hydrogens (tertiary/aromatic N) is 1. The summed E-state index contributed by atoms with van der Waals surface area (Å²) in [4.78, 5) is 17.6. The Hall–Kier alpha value is -3.69. The molecule has 0 unspecified atom stereocenters. The number of carbonyl (C=O) groups excluding carboxylic acids is 1.